The zero-order chi connectivity index (χ0) is 17.8. The minimum Gasteiger partial charge on any atom is -0.332 e. The SMILES string of the molecule is Cc1ccc(Cc2cnc(NC(=O)CCN3CCSC3=O)s2)cc1F. The van der Waals surface area contributed by atoms with Crippen molar-refractivity contribution in [1.82, 2.24) is 9.88 Å². The number of hydrogen-bond donors (Lipinski definition) is 1. The van der Waals surface area contributed by atoms with Crippen LogP contribution in [0.5, 0.6) is 0 Å². The fourth-order valence-electron chi connectivity index (χ4n) is 2.44. The number of aryl methyl sites for hydroxylation is 1. The van der Waals surface area contributed by atoms with Gasteiger partial charge in [0, 0.05) is 42.8 Å². The average molecular weight is 379 g/mol. The fraction of sp³-hybridized carbons (Fsp3) is 0.353. The Bertz CT molecular complexity index is 794. The molecule has 1 aliphatic rings. The number of aromatic nitrogens is 1. The van der Waals surface area contributed by atoms with Crippen molar-refractivity contribution < 1.29 is 14.0 Å². The van der Waals surface area contributed by atoms with Crippen LogP contribution in [0, 0.1) is 12.7 Å². The largest absolute Gasteiger partial charge is 0.332 e. The number of thiazole rings is 1. The van der Waals surface area contributed by atoms with Gasteiger partial charge in [0.2, 0.25) is 5.91 Å². The molecule has 2 heterocycles. The standard InChI is InChI=1S/C17H18FN3O2S2/c1-11-2-3-12(9-14(11)18)8-13-10-19-16(25-13)20-15(22)4-5-21-6-7-24-17(21)23/h2-3,9-10H,4-8H2,1H3,(H,19,20,22). The van der Waals surface area contributed by atoms with Gasteiger partial charge in [-0.3, -0.25) is 9.59 Å². The van der Waals surface area contributed by atoms with Crippen LogP contribution in [0.3, 0.4) is 0 Å². The zero-order valence-corrected chi connectivity index (χ0v) is 15.4. The number of benzene rings is 1. The Morgan fingerprint density at radius 3 is 3.00 bits per heavy atom. The van der Waals surface area contributed by atoms with E-state index in [1.807, 2.05) is 6.07 Å². The van der Waals surface area contributed by atoms with Gasteiger partial charge in [-0.05, 0) is 24.1 Å². The van der Waals surface area contributed by atoms with Crippen molar-refractivity contribution in [2.75, 3.05) is 24.2 Å². The second-order valence-electron chi connectivity index (χ2n) is 5.79. The van der Waals surface area contributed by atoms with Crippen molar-refractivity contribution in [3.05, 3.63) is 46.2 Å². The van der Waals surface area contributed by atoms with Gasteiger partial charge >= 0.3 is 0 Å². The number of nitrogens with zero attached hydrogens (tertiary/aromatic N) is 2. The summed E-state index contributed by atoms with van der Waals surface area (Å²) in [5, 5.41) is 3.32. The highest BCUT2D eigenvalue weighted by atomic mass is 32.2. The predicted octanol–water partition coefficient (Wildman–Crippen LogP) is 3.68. The average Bonchev–Trinajstić information content (AvgIpc) is 3.18. The van der Waals surface area contributed by atoms with Crippen LogP contribution in [0.15, 0.2) is 24.4 Å². The monoisotopic (exact) mass is 379 g/mol. The van der Waals surface area contributed by atoms with Crippen LogP contribution in [0.2, 0.25) is 0 Å². The Hall–Kier alpha value is -1.93. The molecule has 1 aromatic carbocycles. The molecule has 0 radical (unpaired) electrons. The minimum atomic E-state index is -0.217. The molecule has 5 nitrogen and oxygen atoms in total. The molecule has 8 heteroatoms. The lowest BCUT2D eigenvalue weighted by Gasteiger charge is -2.13. The molecule has 0 atom stereocenters. The smallest absolute Gasteiger partial charge is 0.281 e. The third-order valence-electron chi connectivity index (χ3n) is 3.87. The highest BCUT2D eigenvalue weighted by Crippen LogP contribution is 2.22. The van der Waals surface area contributed by atoms with Gasteiger partial charge in [-0.25, -0.2) is 9.37 Å². The van der Waals surface area contributed by atoms with Gasteiger partial charge in [-0.15, -0.1) is 11.3 Å². The fourth-order valence-corrected chi connectivity index (χ4v) is 4.16. The zero-order valence-electron chi connectivity index (χ0n) is 13.8. The number of thioether (sulfide) groups is 1. The topological polar surface area (TPSA) is 62.3 Å². The Morgan fingerprint density at radius 2 is 2.28 bits per heavy atom. The Balaban J connectivity index is 1.51. The molecule has 1 saturated heterocycles. The van der Waals surface area contributed by atoms with Gasteiger partial charge in [-0.2, -0.15) is 0 Å². The van der Waals surface area contributed by atoms with Crippen LogP contribution in [0.1, 0.15) is 22.4 Å². The predicted molar refractivity (Wildman–Crippen MR) is 98.7 cm³/mol. The maximum absolute atomic E-state index is 13.6. The summed E-state index contributed by atoms with van der Waals surface area (Å²) < 4.78 is 13.6. The highest BCUT2D eigenvalue weighted by Gasteiger charge is 2.21. The van der Waals surface area contributed by atoms with Crippen molar-refractivity contribution in [3.8, 4) is 0 Å². The van der Waals surface area contributed by atoms with E-state index >= 15 is 0 Å². The van der Waals surface area contributed by atoms with Gasteiger partial charge < -0.3 is 10.2 Å². The van der Waals surface area contributed by atoms with E-state index < -0.39 is 0 Å². The van der Waals surface area contributed by atoms with Crippen LogP contribution in [0.25, 0.3) is 0 Å². The van der Waals surface area contributed by atoms with Crippen LogP contribution >= 0.6 is 23.1 Å². The Kier molecular flexibility index (Phi) is 5.70. The first kappa shape index (κ1) is 17.9. The van der Waals surface area contributed by atoms with Gasteiger partial charge in [0.1, 0.15) is 5.82 Å². The number of nitrogens with one attached hydrogen (secondary N) is 1. The van der Waals surface area contributed by atoms with Crippen molar-refractivity contribution in [2.45, 2.75) is 19.8 Å². The van der Waals surface area contributed by atoms with E-state index in [1.54, 1.807) is 24.1 Å². The van der Waals surface area contributed by atoms with Crippen LogP contribution < -0.4 is 5.32 Å². The molecule has 1 aromatic heterocycles. The van der Waals surface area contributed by atoms with Crippen molar-refractivity contribution in [2.24, 2.45) is 0 Å². The number of rotatable bonds is 6. The molecule has 1 N–H and O–H groups in total. The summed E-state index contributed by atoms with van der Waals surface area (Å²) in [6.45, 7) is 2.86. The summed E-state index contributed by atoms with van der Waals surface area (Å²) in [6.07, 6.45) is 2.52. The van der Waals surface area contributed by atoms with Gasteiger partial charge in [0.05, 0.1) is 0 Å². The van der Waals surface area contributed by atoms with E-state index in [-0.39, 0.29) is 23.4 Å². The van der Waals surface area contributed by atoms with Crippen LogP contribution in [0.4, 0.5) is 14.3 Å². The van der Waals surface area contributed by atoms with Crippen molar-refractivity contribution in [1.29, 1.82) is 0 Å². The van der Waals surface area contributed by atoms with Crippen molar-refractivity contribution in [3.63, 3.8) is 0 Å². The number of carbonyl (C=O) groups excluding carboxylic acids is 2. The highest BCUT2D eigenvalue weighted by molar-refractivity contribution is 8.13. The van der Waals surface area contributed by atoms with Crippen LogP contribution in [-0.2, 0) is 11.2 Å². The number of carbonyl (C=O) groups is 2. The molecule has 132 valence electrons. The first-order valence-electron chi connectivity index (χ1n) is 7.92. The second kappa shape index (κ2) is 7.97. The van der Waals surface area contributed by atoms with Crippen LogP contribution in [-0.4, -0.2) is 39.9 Å². The molecule has 0 saturated carbocycles. The molecular weight excluding hydrogens is 361 g/mol. The third kappa shape index (κ3) is 4.79. The Morgan fingerprint density at radius 1 is 1.44 bits per heavy atom. The molecular formula is C17H18FN3O2S2. The molecule has 25 heavy (non-hydrogen) atoms. The number of hydrogen-bond acceptors (Lipinski definition) is 5. The summed E-state index contributed by atoms with van der Waals surface area (Å²) in [4.78, 5) is 30.3. The Labute approximate surface area is 153 Å². The molecule has 3 rings (SSSR count). The third-order valence-corrected chi connectivity index (χ3v) is 5.67. The number of amides is 2. The van der Waals surface area contributed by atoms with E-state index in [0.29, 0.717) is 30.2 Å². The lowest BCUT2D eigenvalue weighted by molar-refractivity contribution is -0.116. The maximum atomic E-state index is 13.6. The first-order chi connectivity index (χ1) is 12.0. The molecule has 0 spiro atoms. The quantitative estimate of drug-likeness (QED) is 0.832. The first-order valence-corrected chi connectivity index (χ1v) is 9.73. The summed E-state index contributed by atoms with van der Waals surface area (Å²) >= 11 is 2.66. The van der Waals surface area contributed by atoms with E-state index in [0.717, 1.165) is 16.2 Å². The van der Waals surface area contributed by atoms with Gasteiger partial charge in [0.25, 0.3) is 5.24 Å². The molecule has 2 amide bonds. The molecule has 0 unspecified atom stereocenters. The minimum absolute atomic E-state index is 0.0367. The lowest BCUT2D eigenvalue weighted by Crippen LogP contribution is -2.27. The molecule has 1 fully saturated rings. The van der Waals surface area contributed by atoms with E-state index in [2.05, 4.69) is 10.3 Å². The summed E-state index contributed by atoms with van der Waals surface area (Å²) in [5.74, 6) is 0.410. The summed E-state index contributed by atoms with van der Waals surface area (Å²) in [6, 6.07) is 5.17. The maximum Gasteiger partial charge on any atom is 0.281 e. The summed E-state index contributed by atoms with van der Waals surface area (Å²) in [5.41, 5.74) is 1.49. The second-order valence-corrected chi connectivity index (χ2v) is 7.95. The van der Waals surface area contributed by atoms with E-state index in [1.165, 1.54) is 29.2 Å². The number of halogens is 1. The molecule has 0 aliphatic carbocycles. The molecule has 1 aliphatic heterocycles. The number of anilines is 1. The molecule has 2 aromatic rings. The molecule has 0 bridgehead atoms. The normalized spacial score (nSPS) is 14.2. The van der Waals surface area contributed by atoms with Crippen molar-refractivity contribution >= 4 is 39.4 Å². The van der Waals surface area contributed by atoms with E-state index in [9.17, 15) is 14.0 Å². The van der Waals surface area contributed by atoms with Gasteiger partial charge in [-0.1, -0.05) is 23.9 Å². The van der Waals surface area contributed by atoms with Gasteiger partial charge in [0.15, 0.2) is 5.13 Å². The van der Waals surface area contributed by atoms with E-state index in [4.69, 9.17) is 0 Å². The lowest BCUT2D eigenvalue weighted by atomic mass is 10.1. The summed E-state index contributed by atoms with van der Waals surface area (Å²) in [7, 11) is 0.